The standard InChI is InChI=1S/C14H17NO.2C2H6/c1-5-12-11(9-16)7-10(3)14(8-15-4)13(12)6-2;2*1-2/h5-9H,1-4H3;2*1-2H3/b12-5-,13-6+,15-8?;;. The first-order valence-electron chi connectivity index (χ1n) is 7.33. The number of aldehydes is 1. The first-order valence-corrected chi connectivity index (χ1v) is 7.33. The van der Waals surface area contributed by atoms with Crippen molar-refractivity contribution in [1.29, 1.82) is 0 Å². The average Bonchev–Trinajstić information content (AvgIpc) is 2.52. The summed E-state index contributed by atoms with van der Waals surface area (Å²) >= 11 is 0. The summed E-state index contributed by atoms with van der Waals surface area (Å²) in [7, 11) is 1.75. The van der Waals surface area contributed by atoms with Gasteiger partial charge in [-0.25, -0.2) is 0 Å². The van der Waals surface area contributed by atoms with Crippen molar-refractivity contribution in [1.82, 2.24) is 0 Å². The number of carbonyl (C=O) groups excluding carboxylic acids is 1. The second kappa shape index (κ2) is 12.3. The van der Waals surface area contributed by atoms with Crippen molar-refractivity contribution in [3.8, 4) is 0 Å². The van der Waals surface area contributed by atoms with E-state index >= 15 is 0 Å². The molecule has 0 bridgehead atoms. The lowest BCUT2D eigenvalue weighted by Crippen LogP contribution is -2.32. The second-order valence-corrected chi connectivity index (χ2v) is 3.61. The quantitative estimate of drug-likeness (QED) is 0.600. The minimum Gasteiger partial charge on any atom is -0.298 e. The van der Waals surface area contributed by atoms with Gasteiger partial charge >= 0.3 is 0 Å². The van der Waals surface area contributed by atoms with Crippen molar-refractivity contribution in [2.45, 2.75) is 48.5 Å². The third kappa shape index (κ3) is 5.12. The van der Waals surface area contributed by atoms with Crippen LogP contribution in [0.2, 0.25) is 0 Å². The van der Waals surface area contributed by atoms with Crippen LogP contribution in [0.4, 0.5) is 0 Å². The maximum Gasteiger partial charge on any atom is 0.150 e. The van der Waals surface area contributed by atoms with Crippen molar-refractivity contribution in [3.05, 3.63) is 33.2 Å². The van der Waals surface area contributed by atoms with Gasteiger partial charge in [0.2, 0.25) is 0 Å². The summed E-state index contributed by atoms with van der Waals surface area (Å²) in [5.41, 5.74) is 2.90. The molecule has 2 heteroatoms. The summed E-state index contributed by atoms with van der Waals surface area (Å²) in [6.07, 6.45) is 6.73. The van der Waals surface area contributed by atoms with E-state index < -0.39 is 0 Å². The molecule has 1 rings (SSSR count). The predicted octanol–water partition coefficient (Wildman–Crippen LogP) is 3.51. The third-order valence-electron chi connectivity index (χ3n) is 2.65. The normalized spacial score (nSPS) is 11.6. The van der Waals surface area contributed by atoms with Crippen LogP contribution in [0.15, 0.2) is 11.1 Å². The van der Waals surface area contributed by atoms with Crippen LogP contribution in [0.1, 0.15) is 63.0 Å². The summed E-state index contributed by atoms with van der Waals surface area (Å²) in [6, 6.07) is 1.91. The largest absolute Gasteiger partial charge is 0.298 e. The first kappa shape index (κ1) is 20.6. The molecule has 0 radical (unpaired) electrons. The van der Waals surface area contributed by atoms with Gasteiger partial charge in [-0.1, -0.05) is 39.8 Å². The van der Waals surface area contributed by atoms with Crippen LogP contribution in [-0.4, -0.2) is 19.5 Å². The third-order valence-corrected chi connectivity index (χ3v) is 2.65. The monoisotopic (exact) mass is 275 g/mol. The molecular formula is C18H29NO. The van der Waals surface area contributed by atoms with Crippen LogP contribution >= 0.6 is 0 Å². The van der Waals surface area contributed by atoms with Crippen LogP contribution < -0.4 is 10.4 Å². The van der Waals surface area contributed by atoms with Gasteiger partial charge in [-0.05, 0) is 42.8 Å². The molecular weight excluding hydrogens is 246 g/mol. The van der Waals surface area contributed by atoms with E-state index in [0.29, 0.717) is 0 Å². The molecule has 0 unspecified atom stereocenters. The van der Waals surface area contributed by atoms with Crippen LogP contribution in [-0.2, 0) is 0 Å². The van der Waals surface area contributed by atoms with Gasteiger partial charge in [0, 0.05) is 24.4 Å². The van der Waals surface area contributed by atoms with E-state index in [-0.39, 0.29) is 0 Å². The van der Waals surface area contributed by atoms with Gasteiger partial charge in [0.1, 0.15) is 0 Å². The van der Waals surface area contributed by atoms with E-state index in [9.17, 15) is 4.79 Å². The molecule has 20 heavy (non-hydrogen) atoms. The van der Waals surface area contributed by atoms with Gasteiger partial charge in [0.25, 0.3) is 0 Å². The Hall–Kier alpha value is -1.70. The summed E-state index contributed by atoms with van der Waals surface area (Å²) in [5.74, 6) is 0. The smallest absolute Gasteiger partial charge is 0.150 e. The minimum absolute atomic E-state index is 0.737. The number of hydrogen-bond donors (Lipinski definition) is 0. The van der Waals surface area contributed by atoms with Crippen LogP contribution in [0.5, 0.6) is 0 Å². The zero-order valence-corrected chi connectivity index (χ0v) is 14.2. The maximum absolute atomic E-state index is 11.0. The Morgan fingerprint density at radius 2 is 1.50 bits per heavy atom. The number of hydrogen-bond acceptors (Lipinski definition) is 2. The topological polar surface area (TPSA) is 29.4 Å². The lowest BCUT2D eigenvalue weighted by atomic mass is 10.00. The van der Waals surface area contributed by atoms with Gasteiger partial charge in [-0.3, -0.25) is 9.79 Å². The fraction of sp³-hybridized carbons (Fsp3) is 0.444. The first-order chi connectivity index (χ1) is 9.69. The molecule has 0 spiro atoms. The Morgan fingerprint density at radius 1 is 1.00 bits per heavy atom. The molecule has 0 saturated heterocycles. The Labute approximate surface area is 124 Å². The lowest BCUT2D eigenvalue weighted by Gasteiger charge is -2.05. The zero-order valence-electron chi connectivity index (χ0n) is 14.2. The van der Waals surface area contributed by atoms with E-state index in [0.717, 1.165) is 33.4 Å². The Morgan fingerprint density at radius 3 is 1.85 bits per heavy atom. The number of carbonyl (C=O) groups is 1. The Kier molecular flexibility index (Phi) is 12.7. The predicted molar refractivity (Wildman–Crippen MR) is 92.3 cm³/mol. The number of rotatable bonds is 2. The summed E-state index contributed by atoms with van der Waals surface area (Å²) < 4.78 is 0. The van der Waals surface area contributed by atoms with E-state index in [1.165, 1.54) is 0 Å². The molecule has 0 aliphatic carbocycles. The molecule has 0 amide bonds. The minimum atomic E-state index is 0.737. The Balaban J connectivity index is 0. The molecule has 0 N–H and O–H groups in total. The maximum atomic E-state index is 11.0. The van der Waals surface area contributed by atoms with Gasteiger partial charge < -0.3 is 0 Å². The molecule has 112 valence electrons. The molecule has 0 saturated carbocycles. The summed E-state index contributed by atoms with van der Waals surface area (Å²) in [6.45, 7) is 13.9. The second-order valence-electron chi connectivity index (χ2n) is 3.61. The molecule has 1 aromatic rings. The summed E-state index contributed by atoms with van der Waals surface area (Å²) in [4.78, 5) is 15.1. The fourth-order valence-electron chi connectivity index (χ4n) is 1.93. The van der Waals surface area contributed by atoms with Gasteiger partial charge in [0.05, 0.1) is 0 Å². The molecule has 0 aromatic heterocycles. The molecule has 1 aromatic carbocycles. The molecule has 0 atom stereocenters. The van der Waals surface area contributed by atoms with Crippen LogP contribution in [0.3, 0.4) is 0 Å². The highest BCUT2D eigenvalue weighted by Crippen LogP contribution is 2.00. The van der Waals surface area contributed by atoms with Crippen molar-refractivity contribution in [2.24, 2.45) is 4.99 Å². The van der Waals surface area contributed by atoms with Crippen LogP contribution in [0, 0.1) is 6.92 Å². The van der Waals surface area contributed by atoms with Crippen molar-refractivity contribution in [3.63, 3.8) is 0 Å². The summed E-state index contributed by atoms with van der Waals surface area (Å²) in [5, 5.41) is 2.06. The van der Waals surface area contributed by atoms with Gasteiger partial charge in [0.15, 0.2) is 6.29 Å². The van der Waals surface area contributed by atoms with E-state index in [2.05, 4.69) is 4.99 Å². The van der Waals surface area contributed by atoms with Crippen molar-refractivity contribution < 1.29 is 4.79 Å². The van der Waals surface area contributed by atoms with E-state index in [1.807, 2.05) is 72.9 Å². The lowest BCUT2D eigenvalue weighted by molar-refractivity contribution is 0.112. The number of aryl methyl sites for hydroxylation is 1. The zero-order chi connectivity index (χ0) is 16.1. The molecule has 0 fully saturated rings. The highest BCUT2D eigenvalue weighted by Gasteiger charge is 2.03. The van der Waals surface area contributed by atoms with Crippen molar-refractivity contribution >= 4 is 24.7 Å². The highest BCUT2D eigenvalue weighted by atomic mass is 16.1. The fourth-order valence-corrected chi connectivity index (χ4v) is 1.93. The number of benzene rings is 1. The molecule has 0 heterocycles. The van der Waals surface area contributed by atoms with E-state index in [1.54, 1.807) is 7.05 Å². The SMILES string of the molecule is C/C=c1/c(C=O)cc(C)c(C=NC)/c1=C/C.CC.CC. The van der Waals surface area contributed by atoms with Gasteiger partial charge in [-0.2, -0.15) is 0 Å². The Bertz CT molecular complexity index is 540. The van der Waals surface area contributed by atoms with Crippen LogP contribution in [0.25, 0.3) is 12.2 Å². The van der Waals surface area contributed by atoms with Crippen molar-refractivity contribution in [2.75, 3.05) is 7.05 Å². The number of aliphatic imine (C=N–C) groups is 1. The number of nitrogens with zero attached hydrogens (tertiary/aromatic N) is 1. The molecule has 0 aliphatic heterocycles. The molecule has 2 nitrogen and oxygen atoms in total. The van der Waals surface area contributed by atoms with Gasteiger partial charge in [-0.15, -0.1) is 0 Å². The molecule has 0 aliphatic rings. The highest BCUT2D eigenvalue weighted by molar-refractivity contribution is 5.85. The average molecular weight is 275 g/mol. The van der Waals surface area contributed by atoms with E-state index in [4.69, 9.17) is 0 Å².